The third-order valence-electron chi connectivity index (χ3n) is 9.48. The van der Waals surface area contributed by atoms with Gasteiger partial charge in [-0.25, -0.2) is 4.79 Å². The zero-order chi connectivity index (χ0) is 23.9. The van der Waals surface area contributed by atoms with E-state index in [9.17, 15) is 15.0 Å². The van der Waals surface area contributed by atoms with Crippen molar-refractivity contribution in [3.8, 4) is 11.5 Å². The van der Waals surface area contributed by atoms with Crippen molar-refractivity contribution in [2.45, 2.75) is 73.8 Å². The number of pyridine rings is 1. The first-order chi connectivity index (χ1) is 16.9. The van der Waals surface area contributed by atoms with Crippen LogP contribution in [-0.4, -0.2) is 75.1 Å². The summed E-state index contributed by atoms with van der Waals surface area (Å²) >= 11 is 0. The number of amides is 1. The molecule has 2 aromatic rings. The summed E-state index contributed by atoms with van der Waals surface area (Å²) in [5.74, 6) is 0.555. The molecule has 1 aromatic carbocycles. The molecule has 5 aliphatic rings. The number of piperidine rings is 1. The van der Waals surface area contributed by atoms with Crippen LogP contribution in [0.5, 0.6) is 11.5 Å². The summed E-state index contributed by atoms with van der Waals surface area (Å²) in [6.45, 7) is 1.46. The third kappa shape index (κ3) is 2.69. The number of hydrogen-bond acceptors (Lipinski definition) is 7. The van der Waals surface area contributed by atoms with Crippen molar-refractivity contribution in [1.82, 2.24) is 14.8 Å². The van der Waals surface area contributed by atoms with E-state index in [0.717, 1.165) is 42.5 Å². The number of benzene rings is 1. The molecule has 8 heteroatoms. The number of likely N-dealkylation sites (N-methyl/N-ethyl adjacent to an activating group) is 1. The molecule has 1 saturated carbocycles. The Morgan fingerprint density at radius 1 is 1.23 bits per heavy atom. The van der Waals surface area contributed by atoms with Gasteiger partial charge in [0.05, 0.1) is 17.1 Å². The predicted octanol–water partition coefficient (Wildman–Crippen LogP) is 2.91. The maximum absolute atomic E-state index is 13.5. The Hall–Kier alpha value is -2.84. The summed E-state index contributed by atoms with van der Waals surface area (Å²) < 4.78 is 12.7. The van der Waals surface area contributed by atoms with Crippen LogP contribution in [0.15, 0.2) is 36.7 Å². The van der Waals surface area contributed by atoms with E-state index in [1.54, 1.807) is 17.2 Å². The molecule has 1 unspecified atom stereocenters. The number of carbonyl (C=O) groups excluding carboxylic acids is 1. The number of phenols is 1. The minimum Gasteiger partial charge on any atom is -0.504 e. The van der Waals surface area contributed by atoms with Crippen molar-refractivity contribution in [1.29, 1.82) is 0 Å². The molecule has 1 spiro atoms. The van der Waals surface area contributed by atoms with Gasteiger partial charge in [0.15, 0.2) is 11.5 Å². The van der Waals surface area contributed by atoms with E-state index in [1.165, 1.54) is 0 Å². The highest BCUT2D eigenvalue weighted by molar-refractivity contribution is 5.70. The summed E-state index contributed by atoms with van der Waals surface area (Å²) in [5.41, 5.74) is 1.38. The van der Waals surface area contributed by atoms with Gasteiger partial charge in [-0.05, 0) is 75.4 Å². The highest BCUT2D eigenvalue weighted by atomic mass is 16.6. The molecule has 3 fully saturated rings. The number of aromatic hydroxyl groups is 1. The molecule has 35 heavy (non-hydrogen) atoms. The monoisotopic (exact) mass is 477 g/mol. The van der Waals surface area contributed by atoms with Crippen LogP contribution < -0.4 is 4.74 Å². The van der Waals surface area contributed by atoms with Gasteiger partial charge in [0, 0.05) is 30.5 Å². The number of phenolic OH excluding ortho intramolecular Hbond substituents is 1. The normalized spacial score (nSPS) is 37.0. The van der Waals surface area contributed by atoms with Gasteiger partial charge in [-0.2, -0.15) is 0 Å². The SMILES string of the molecule is CN1CCC23c4c5ccc(O)c4O[C@H]2[C@@H](OC(=O)N2CCC[C@H]2c2cccnc2)CC[C@@]3(O)[C@H]1C5. The highest BCUT2D eigenvalue weighted by Crippen LogP contribution is 2.65. The van der Waals surface area contributed by atoms with Gasteiger partial charge in [0.1, 0.15) is 12.2 Å². The van der Waals surface area contributed by atoms with Gasteiger partial charge in [-0.3, -0.25) is 4.98 Å². The average molecular weight is 478 g/mol. The summed E-state index contributed by atoms with van der Waals surface area (Å²) in [7, 11) is 2.07. The van der Waals surface area contributed by atoms with Gasteiger partial charge in [0.25, 0.3) is 0 Å². The smallest absolute Gasteiger partial charge is 0.410 e. The molecule has 1 aromatic heterocycles. The average Bonchev–Trinajstić information content (AvgIpc) is 3.48. The lowest BCUT2D eigenvalue weighted by Gasteiger charge is -2.63. The Morgan fingerprint density at radius 2 is 2.11 bits per heavy atom. The summed E-state index contributed by atoms with van der Waals surface area (Å²) in [6.07, 6.45) is 6.45. The first-order valence-electron chi connectivity index (χ1n) is 12.8. The Balaban J connectivity index is 1.24. The Bertz CT molecular complexity index is 1190. The number of ether oxygens (including phenoxy) is 2. The lowest BCUT2D eigenvalue weighted by molar-refractivity contribution is -0.205. The predicted molar refractivity (Wildman–Crippen MR) is 126 cm³/mol. The van der Waals surface area contributed by atoms with E-state index >= 15 is 0 Å². The van der Waals surface area contributed by atoms with E-state index in [-0.39, 0.29) is 23.9 Å². The van der Waals surface area contributed by atoms with Crippen LogP contribution in [0.2, 0.25) is 0 Å². The second-order valence-corrected chi connectivity index (χ2v) is 10.9. The summed E-state index contributed by atoms with van der Waals surface area (Å²) in [6, 6.07) is 7.47. The first-order valence-corrected chi connectivity index (χ1v) is 12.8. The number of likely N-dealkylation sites (tertiary alicyclic amines) is 2. The van der Waals surface area contributed by atoms with Gasteiger partial charge >= 0.3 is 6.09 Å². The number of rotatable bonds is 2. The van der Waals surface area contributed by atoms with E-state index in [0.29, 0.717) is 31.6 Å². The molecule has 7 rings (SSSR count). The Kier molecular flexibility index (Phi) is 4.49. The standard InChI is InChI=1S/C27H31N3O5/c1-29-13-10-26-22-16-6-7-19(31)23(22)35-24(26)20(8-9-27(26,33)21(29)14-16)34-25(32)30-12-3-5-18(30)17-4-2-11-28-15-17/h2,4,6-7,11,15,18,20-21,24,31,33H,3,5,8-10,12-14H2,1H3/t18-,20-,21+,24-,26?,27+/m0/s1. The minimum atomic E-state index is -0.995. The molecule has 2 bridgehead atoms. The molecule has 2 aliphatic carbocycles. The maximum Gasteiger partial charge on any atom is 0.410 e. The lowest BCUT2D eigenvalue weighted by atomic mass is 9.48. The van der Waals surface area contributed by atoms with Crippen molar-refractivity contribution in [2.24, 2.45) is 0 Å². The molecule has 4 heterocycles. The zero-order valence-electron chi connectivity index (χ0n) is 19.9. The lowest BCUT2D eigenvalue weighted by Crippen LogP contribution is -2.76. The van der Waals surface area contributed by atoms with Gasteiger partial charge < -0.3 is 29.5 Å². The molecular weight excluding hydrogens is 446 g/mol. The van der Waals surface area contributed by atoms with Crippen molar-refractivity contribution in [3.05, 3.63) is 53.3 Å². The molecule has 3 aliphatic heterocycles. The molecule has 1 amide bonds. The van der Waals surface area contributed by atoms with Crippen LogP contribution in [0, 0.1) is 0 Å². The Morgan fingerprint density at radius 3 is 2.94 bits per heavy atom. The van der Waals surface area contributed by atoms with Crippen LogP contribution in [0.25, 0.3) is 0 Å². The van der Waals surface area contributed by atoms with Crippen LogP contribution in [-0.2, 0) is 16.6 Å². The fourth-order valence-corrected chi connectivity index (χ4v) is 7.93. The zero-order valence-corrected chi connectivity index (χ0v) is 19.9. The van der Waals surface area contributed by atoms with Crippen LogP contribution in [0.1, 0.15) is 54.8 Å². The largest absolute Gasteiger partial charge is 0.504 e. The molecule has 2 N–H and O–H groups in total. The molecule has 184 valence electrons. The molecule has 6 atom stereocenters. The fraction of sp³-hybridized carbons (Fsp3) is 0.556. The number of nitrogens with zero attached hydrogens (tertiary/aromatic N) is 3. The van der Waals surface area contributed by atoms with Crippen molar-refractivity contribution in [3.63, 3.8) is 0 Å². The van der Waals surface area contributed by atoms with Gasteiger partial charge in [0.2, 0.25) is 0 Å². The van der Waals surface area contributed by atoms with Gasteiger partial charge in [-0.1, -0.05) is 12.1 Å². The fourth-order valence-electron chi connectivity index (χ4n) is 7.93. The maximum atomic E-state index is 13.5. The molecule has 2 saturated heterocycles. The number of aliphatic hydroxyl groups is 1. The van der Waals surface area contributed by atoms with E-state index in [1.807, 2.05) is 24.4 Å². The van der Waals surface area contributed by atoms with Gasteiger partial charge in [-0.15, -0.1) is 0 Å². The number of aromatic nitrogens is 1. The van der Waals surface area contributed by atoms with Crippen LogP contribution in [0.3, 0.4) is 0 Å². The minimum absolute atomic E-state index is 0.0319. The highest BCUT2D eigenvalue weighted by Gasteiger charge is 2.73. The molecular formula is C27H31N3O5. The van der Waals surface area contributed by atoms with E-state index in [2.05, 4.69) is 16.9 Å². The van der Waals surface area contributed by atoms with Crippen LogP contribution in [0.4, 0.5) is 4.79 Å². The first kappa shape index (κ1) is 21.4. The Labute approximate surface area is 204 Å². The molecule has 8 nitrogen and oxygen atoms in total. The van der Waals surface area contributed by atoms with E-state index < -0.39 is 23.2 Å². The quantitative estimate of drug-likeness (QED) is 0.687. The summed E-state index contributed by atoms with van der Waals surface area (Å²) in [5, 5.41) is 23.0. The number of hydrogen-bond donors (Lipinski definition) is 2. The summed E-state index contributed by atoms with van der Waals surface area (Å²) in [4.78, 5) is 21.8. The van der Waals surface area contributed by atoms with Crippen molar-refractivity contribution < 1.29 is 24.5 Å². The van der Waals surface area contributed by atoms with Crippen molar-refractivity contribution >= 4 is 6.09 Å². The third-order valence-corrected chi connectivity index (χ3v) is 9.48. The van der Waals surface area contributed by atoms with Crippen molar-refractivity contribution in [2.75, 3.05) is 20.1 Å². The van der Waals surface area contributed by atoms with E-state index in [4.69, 9.17) is 9.47 Å². The topological polar surface area (TPSA) is 95.4 Å². The van der Waals surface area contributed by atoms with Crippen LogP contribution >= 0.6 is 0 Å². The molecule has 0 radical (unpaired) electrons. The number of carbonyl (C=O) groups is 1. The second-order valence-electron chi connectivity index (χ2n) is 10.9. The second kappa shape index (κ2) is 7.34.